The van der Waals surface area contributed by atoms with Crippen LogP contribution in [0.2, 0.25) is 0 Å². The fraction of sp³-hybridized carbons (Fsp3) is 0.636. The van der Waals surface area contributed by atoms with Crippen LogP contribution in [0.15, 0.2) is 36.4 Å². The Bertz CT molecular complexity index is 1400. The SMILES string of the molecule is CC(C)(C)c1ccc(OP(=O)(O)OP(=O)(OCC(CO)(CO)CO)Oc2ccc(C(C)(C)C)cc2C(C)(C)C)c(C(C)(C)C)c1. The summed E-state index contributed by atoms with van der Waals surface area (Å²) >= 11 is 0. The first-order chi connectivity index (χ1) is 20.2. The minimum Gasteiger partial charge on any atom is -0.404 e. The third-order valence-electron chi connectivity index (χ3n) is 7.47. The van der Waals surface area contributed by atoms with Crippen LogP contribution in [-0.2, 0) is 39.6 Å². The molecule has 0 aliphatic heterocycles. The van der Waals surface area contributed by atoms with Crippen molar-refractivity contribution in [2.45, 2.75) is 105 Å². The van der Waals surface area contributed by atoms with Crippen LogP contribution < -0.4 is 9.05 Å². The summed E-state index contributed by atoms with van der Waals surface area (Å²) in [7, 11) is -10.3. The largest absolute Gasteiger partial charge is 0.539 e. The molecule has 2 aromatic carbocycles. The van der Waals surface area contributed by atoms with Crippen LogP contribution >= 0.6 is 15.6 Å². The topological polar surface area (TPSA) is 152 Å². The number of phosphoric acid groups is 2. The van der Waals surface area contributed by atoms with E-state index in [1.807, 2.05) is 95.2 Å². The minimum absolute atomic E-state index is 0.0493. The molecule has 12 heteroatoms. The Labute approximate surface area is 269 Å². The molecule has 0 amide bonds. The van der Waals surface area contributed by atoms with Gasteiger partial charge in [0.15, 0.2) is 0 Å². The number of aliphatic hydroxyl groups is 3. The molecule has 0 spiro atoms. The molecule has 2 rings (SSSR count). The summed E-state index contributed by atoms with van der Waals surface area (Å²) in [6.07, 6.45) is 0. The van der Waals surface area contributed by atoms with E-state index >= 15 is 0 Å². The first-order valence-electron chi connectivity index (χ1n) is 15.0. The van der Waals surface area contributed by atoms with Gasteiger partial charge in [-0.15, -0.1) is 0 Å². The van der Waals surface area contributed by atoms with Gasteiger partial charge >= 0.3 is 15.6 Å². The molecule has 2 aromatic rings. The van der Waals surface area contributed by atoms with Gasteiger partial charge in [0.25, 0.3) is 0 Å². The standard InChI is InChI=1S/C33H54O10P2/c1-29(2,3)23-13-15-27(25(17-23)31(7,8)9)41-44(37,38)43-45(39,40-22-33(19-34,20-35)21-36)42-28-16-14-24(30(4,5)6)18-26(28)32(10,11)12/h13-18,34-36H,19-22H2,1-12H3,(H,37,38). The van der Waals surface area contributed by atoms with Gasteiger partial charge in [0.2, 0.25) is 0 Å². The highest BCUT2D eigenvalue weighted by molar-refractivity contribution is 7.62. The minimum atomic E-state index is -5.23. The summed E-state index contributed by atoms with van der Waals surface area (Å²) in [5.74, 6) is 0.125. The zero-order valence-electron chi connectivity index (χ0n) is 28.9. The lowest BCUT2D eigenvalue weighted by Gasteiger charge is -2.31. The zero-order valence-corrected chi connectivity index (χ0v) is 30.7. The molecule has 256 valence electrons. The van der Waals surface area contributed by atoms with Crippen molar-refractivity contribution in [2.24, 2.45) is 5.41 Å². The second kappa shape index (κ2) is 13.8. The number of phosphoric ester groups is 2. The van der Waals surface area contributed by atoms with Gasteiger partial charge in [0.05, 0.1) is 31.8 Å². The number of hydrogen-bond acceptors (Lipinski definition) is 9. The molecule has 4 N–H and O–H groups in total. The van der Waals surface area contributed by atoms with Crippen molar-refractivity contribution >= 4 is 15.6 Å². The first-order valence-corrected chi connectivity index (χ1v) is 18.0. The molecule has 0 fully saturated rings. The maximum Gasteiger partial charge on any atom is 0.539 e. The van der Waals surface area contributed by atoms with Gasteiger partial charge in [-0.2, -0.15) is 4.31 Å². The second-order valence-electron chi connectivity index (χ2n) is 15.8. The van der Waals surface area contributed by atoms with Crippen LogP contribution in [-0.4, -0.2) is 46.6 Å². The Kier molecular flexibility index (Phi) is 12.1. The molecule has 2 atom stereocenters. The van der Waals surface area contributed by atoms with E-state index in [1.54, 1.807) is 24.3 Å². The number of rotatable bonds is 12. The van der Waals surface area contributed by atoms with E-state index in [9.17, 15) is 29.3 Å². The van der Waals surface area contributed by atoms with E-state index in [4.69, 9.17) is 17.9 Å². The third-order valence-corrected chi connectivity index (χ3v) is 10.4. The maximum atomic E-state index is 14.3. The molecule has 0 bridgehead atoms. The molecule has 0 saturated heterocycles. The Morgan fingerprint density at radius 2 is 0.978 bits per heavy atom. The van der Waals surface area contributed by atoms with Gasteiger partial charge in [-0.1, -0.05) is 107 Å². The Hall–Kier alpha value is -1.74. The lowest BCUT2D eigenvalue weighted by atomic mass is 9.80. The van der Waals surface area contributed by atoms with Gasteiger partial charge in [-0.25, -0.2) is 9.13 Å². The normalized spacial score (nSPS) is 16.2. The molecule has 2 unspecified atom stereocenters. The van der Waals surface area contributed by atoms with Gasteiger partial charge in [0.1, 0.15) is 11.5 Å². The Balaban J connectivity index is 2.64. The molecule has 0 aliphatic rings. The predicted octanol–water partition coefficient (Wildman–Crippen LogP) is 7.54. The van der Waals surface area contributed by atoms with E-state index in [1.165, 1.54) is 0 Å². The van der Waals surface area contributed by atoms with Gasteiger partial charge < -0.3 is 24.4 Å². The van der Waals surface area contributed by atoms with E-state index in [0.717, 1.165) is 11.1 Å². The van der Waals surface area contributed by atoms with Crippen molar-refractivity contribution in [1.29, 1.82) is 0 Å². The zero-order chi connectivity index (χ0) is 34.9. The molecule has 45 heavy (non-hydrogen) atoms. The highest BCUT2D eigenvalue weighted by atomic mass is 31.3. The lowest BCUT2D eigenvalue weighted by molar-refractivity contribution is -0.0311. The number of hydrogen-bond donors (Lipinski definition) is 4. The molecular formula is C33H54O10P2. The summed E-state index contributed by atoms with van der Waals surface area (Å²) in [5, 5.41) is 29.5. The van der Waals surface area contributed by atoms with Gasteiger partial charge in [-0.3, -0.25) is 9.42 Å². The van der Waals surface area contributed by atoms with Gasteiger partial charge in [-0.05, 0) is 44.9 Å². The molecular weight excluding hydrogens is 618 g/mol. The van der Waals surface area contributed by atoms with E-state index < -0.39 is 58.3 Å². The number of benzene rings is 2. The maximum absolute atomic E-state index is 14.3. The summed E-state index contributed by atoms with van der Waals surface area (Å²) in [6, 6.07) is 10.5. The molecule has 0 aromatic heterocycles. The van der Waals surface area contributed by atoms with Crippen molar-refractivity contribution in [3.05, 3.63) is 58.7 Å². The Morgan fingerprint density at radius 1 is 0.600 bits per heavy atom. The van der Waals surface area contributed by atoms with Crippen molar-refractivity contribution in [3.63, 3.8) is 0 Å². The van der Waals surface area contributed by atoms with Crippen LogP contribution in [0.4, 0.5) is 0 Å². The summed E-state index contributed by atoms with van der Waals surface area (Å²) < 4.78 is 50.0. The van der Waals surface area contributed by atoms with Crippen LogP contribution in [0.25, 0.3) is 0 Å². The first kappa shape index (κ1) is 39.4. The molecule has 0 aliphatic carbocycles. The number of aliphatic hydroxyl groups excluding tert-OH is 3. The fourth-order valence-electron chi connectivity index (χ4n) is 4.28. The van der Waals surface area contributed by atoms with E-state index in [2.05, 4.69) is 0 Å². The van der Waals surface area contributed by atoms with Crippen molar-refractivity contribution in [2.75, 3.05) is 26.4 Å². The summed E-state index contributed by atoms with van der Waals surface area (Å²) in [4.78, 5) is 11.0. The van der Waals surface area contributed by atoms with Crippen LogP contribution in [0.1, 0.15) is 105 Å². The van der Waals surface area contributed by atoms with Crippen molar-refractivity contribution in [3.8, 4) is 11.5 Å². The monoisotopic (exact) mass is 672 g/mol. The average molecular weight is 673 g/mol. The predicted molar refractivity (Wildman–Crippen MR) is 177 cm³/mol. The molecule has 0 radical (unpaired) electrons. The Morgan fingerprint density at radius 3 is 1.31 bits per heavy atom. The summed E-state index contributed by atoms with van der Waals surface area (Å²) in [6.45, 7) is 20.9. The molecule has 0 heterocycles. The van der Waals surface area contributed by atoms with Crippen LogP contribution in [0.3, 0.4) is 0 Å². The quantitative estimate of drug-likeness (QED) is 0.166. The fourth-order valence-corrected chi connectivity index (χ4v) is 7.04. The van der Waals surface area contributed by atoms with Crippen molar-refractivity contribution in [1.82, 2.24) is 0 Å². The van der Waals surface area contributed by atoms with Crippen LogP contribution in [0.5, 0.6) is 11.5 Å². The molecule has 0 saturated carbocycles. The summed E-state index contributed by atoms with van der Waals surface area (Å²) in [5.41, 5.74) is 0.0941. The third kappa shape index (κ3) is 10.6. The molecule has 10 nitrogen and oxygen atoms in total. The van der Waals surface area contributed by atoms with E-state index in [-0.39, 0.29) is 22.3 Å². The highest BCUT2D eigenvalue weighted by Gasteiger charge is 2.45. The highest BCUT2D eigenvalue weighted by Crippen LogP contribution is 2.64. The average Bonchev–Trinajstić information content (AvgIpc) is 2.87. The van der Waals surface area contributed by atoms with Crippen LogP contribution in [0, 0.1) is 5.41 Å². The van der Waals surface area contributed by atoms with Crippen molar-refractivity contribution < 1.29 is 47.2 Å². The lowest BCUT2D eigenvalue weighted by Crippen LogP contribution is -2.38. The smallest absolute Gasteiger partial charge is 0.404 e. The van der Waals surface area contributed by atoms with Gasteiger partial charge in [0, 0.05) is 11.1 Å². The second-order valence-corrected chi connectivity index (χ2v) is 19.0. The van der Waals surface area contributed by atoms with E-state index in [0.29, 0.717) is 11.1 Å².